The molecule has 4 heteroatoms. The zero-order valence-electron chi connectivity index (χ0n) is 8.43. The van der Waals surface area contributed by atoms with E-state index < -0.39 is 0 Å². The average Bonchev–Trinajstić information content (AvgIpc) is 2.22. The molecule has 0 aromatic carbocycles. The number of rotatable bonds is 4. The Morgan fingerprint density at radius 2 is 2.00 bits per heavy atom. The highest BCUT2D eigenvalue weighted by Gasteiger charge is 2.06. The van der Waals surface area contributed by atoms with E-state index in [2.05, 4.69) is 23.7 Å². The summed E-state index contributed by atoms with van der Waals surface area (Å²) in [5.74, 6) is 1.37. The Kier molecular flexibility index (Phi) is 4.49. The molecule has 1 rings (SSSR count). The van der Waals surface area contributed by atoms with E-state index in [1.54, 1.807) is 6.20 Å². The van der Waals surface area contributed by atoms with Crippen molar-refractivity contribution in [1.29, 1.82) is 0 Å². The summed E-state index contributed by atoms with van der Waals surface area (Å²) in [6, 6.07) is 1.95. The van der Waals surface area contributed by atoms with Crippen LogP contribution in [-0.4, -0.2) is 18.1 Å². The second-order valence-electron chi connectivity index (χ2n) is 2.94. The largest absolute Gasteiger partial charge is 0.357 e. The topological polar surface area (TPSA) is 16.1 Å². The standard InChI is InChI=1S/C10H14Cl2N2/c1-3-14(4-2)10-5-8(6-11)9(12)7-13-10/h5,7H,3-4,6H2,1-2H3. The highest BCUT2D eigenvalue weighted by atomic mass is 35.5. The first kappa shape index (κ1) is 11.6. The second-order valence-corrected chi connectivity index (χ2v) is 3.61. The molecular formula is C10H14Cl2N2. The number of halogens is 2. The van der Waals surface area contributed by atoms with Gasteiger partial charge in [0, 0.05) is 25.2 Å². The molecule has 0 N–H and O–H groups in total. The van der Waals surface area contributed by atoms with Crippen molar-refractivity contribution in [3.8, 4) is 0 Å². The van der Waals surface area contributed by atoms with Crippen LogP contribution in [0.4, 0.5) is 5.82 Å². The van der Waals surface area contributed by atoms with Crippen LogP contribution in [0, 0.1) is 0 Å². The zero-order valence-corrected chi connectivity index (χ0v) is 9.94. The molecule has 0 amide bonds. The van der Waals surface area contributed by atoms with Crippen molar-refractivity contribution in [2.45, 2.75) is 19.7 Å². The third kappa shape index (κ3) is 2.52. The lowest BCUT2D eigenvalue weighted by molar-refractivity contribution is 0.845. The third-order valence-electron chi connectivity index (χ3n) is 2.15. The van der Waals surface area contributed by atoms with E-state index in [9.17, 15) is 0 Å². The molecule has 0 spiro atoms. The zero-order chi connectivity index (χ0) is 10.6. The summed E-state index contributed by atoms with van der Waals surface area (Å²) in [5.41, 5.74) is 0.935. The number of pyridine rings is 1. The Bertz CT molecular complexity index is 298. The first-order chi connectivity index (χ1) is 6.72. The molecule has 0 radical (unpaired) electrons. The number of alkyl halides is 1. The predicted molar refractivity (Wildman–Crippen MR) is 62.4 cm³/mol. The van der Waals surface area contributed by atoms with Gasteiger partial charge in [-0.25, -0.2) is 4.98 Å². The van der Waals surface area contributed by atoms with Crippen LogP contribution in [0.15, 0.2) is 12.3 Å². The number of anilines is 1. The minimum absolute atomic E-state index is 0.426. The van der Waals surface area contributed by atoms with Gasteiger partial charge in [-0.15, -0.1) is 11.6 Å². The minimum atomic E-state index is 0.426. The first-order valence-corrected chi connectivity index (χ1v) is 5.59. The van der Waals surface area contributed by atoms with Gasteiger partial charge >= 0.3 is 0 Å². The molecular weight excluding hydrogens is 219 g/mol. The summed E-state index contributed by atoms with van der Waals surface area (Å²) < 4.78 is 0. The summed E-state index contributed by atoms with van der Waals surface area (Å²) in [4.78, 5) is 6.42. The molecule has 0 aliphatic rings. The SMILES string of the molecule is CCN(CC)c1cc(CCl)c(Cl)cn1. The molecule has 2 nitrogen and oxygen atoms in total. The molecule has 0 bridgehead atoms. The summed E-state index contributed by atoms with van der Waals surface area (Å²) in [5, 5.41) is 0.635. The van der Waals surface area contributed by atoms with Gasteiger partial charge in [0.05, 0.1) is 5.02 Å². The van der Waals surface area contributed by atoms with E-state index in [-0.39, 0.29) is 0 Å². The molecule has 0 atom stereocenters. The number of aromatic nitrogens is 1. The van der Waals surface area contributed by atoms with Crippen LogP contribution >= 0.6 is 23.2 Å². The molecule has 0 saturated carbocycles. The fourth-order valence-corrected chi connectivity index (χ4v) is 1.75. The Balaban J connectivity index is 2.98. The fraction of sp³-hybridized carbons (Fsp3) is 0.500. The van der Waals surface area contributed by atoms with Crippen molar-refractivity contribution >= 4 is 29.0 Å². The maximum Gasteiger partial charge on any atom is 0.128 e. The Hall–Kier alpha value is -0.470. The van der Waals surface area contributed by atoms with Gasteiger partial charge in [0.1, 0.15) is 5.82 Å². The van der Waals surface area contributed by atoms with Crippen molar-refractivity contribution in [1.82, 2.24) is 4.98 Å². The van der Waals surface area contributed by atoms with Crippen LogP contribution in [0.2, 0.25) is 5.02 Å². The minimum Gasteiger partial charge on any atom is -0.357 e. The lowest BCUT2D eigenvalue weighted by atomic mass is 10.3. The summed E-state index contributed by atoms with van der Waals surface area (Å²) in [7, 11) is 0. The van der Waals surface area contributed by atoms with E-state index >= 15 is 0 Å². The van der Waals surface area contributed by atoms with Crippen molar-refractivity contribution in [2.24, 2.45) is 0 Å². The maximum atomic E-state index is 5.92. The van der Waals surface area contributed by atoms with Gasteiger partial charge in [-0.1, -0.05) is 11.6 Å². The molecule has 1 aromatic heterocycles. The van der Waals surface area contributed by atoms with Gasteiger partial charge in [0.25, 0.3) is 0 Å². The third-order valence-corrected chi connectivity index (χ3v) is 2.78. The number of nitrogens with zero attached hydrogens (tertiary/aromatic N) is 2. The number of hydrogen-bond acceptors (Lipinski definition) is 2. The van der Waals surface area contributed by atoms with Crippen molar-refractivity contribution in [3.63, 3.8) is 0 Å². The van der Waals surface area contributed by atoms with Crippen LogP contribution in [0.5, 0.6) is 0 Å². The lowest BCUT2D eigenvalue weighted by Gasteiger charge is -2.20. The predicted octanol–water partition coefficient (Wildman–Crippen LogP) is 3.32. The maximum absolute atomic E-state index is 5.92. The Morgan fingerprint density at radius 1 is 1.36 bits per heavy atom. The van der Waals surface area contributed by atoms with Crippen molar-refractivity contribution in [2.75, 3.05) is 18.0 Å². The number of hydrogen-bond donors (Lipinski definition) is 0. The molecule has 1 aromatic rings. The summed E-state index contributed by atoms with van der Waals surface area (Å²) in [6.07, 6.45) is 1.66. The Morgan fingerprint density at radius 3 is 2.50 bits per heavy atom. The summed E-state index contributed by atoms with van der Waals surface area (Å²) in [6.45, 7) is 6.07. The van der Waals surface area contributed by atoms with Crippen molar-refractivity contribution in [3.05, 3.63) is 22.8 Å². The van der Waals surface area contributed by atoms with Crippen LogP contribution < -0.4 is 4.90 Å². The van der Waals surface area contributed by atoms with Gasteiger partial charge < -0.3 is 4.90 Å². The van der Waals surface area contributed by atoms with Gasteiger partial charge in [-0.2, -0.15) is 0 Å². The van der Waals surface area contributed by atoms with E-state index in [1.165, 1.54) is 0 Å². The smallest absolute Gasteiger partial charge is 0.128 e. The van der Waals surface area contributed by atoms with E-state index in [1.807, 2.05) is 6.07 Å². The fourth-order valence-electron chi connectivity index (χ4n) is 1.29. The van der Waals surface area contributed by atoms with Crippen molar-refractivity contribution < 1.29 is 0 Å². The highest BCUT2D eigenvalue weighted by molar-refractivity contribution is 6.32. The van der Waals surface area contributed by atoms with Crippen LogP contribution in [-0.2, 0) is 5.88 Å². The van der Waals surface area contributed by atoms with E-state index in [0.29, 0.717) is 10.9 Å². The van der Waals surface area contributed by atoms with Crippen LogP contribution in [0.1, 0.15) is 19.4 Å². The summed E-state index contributed by atoms with van der Waals surface area (Å²) >= 11 is 11.7. The molecule has 78 valence electrons. The van der Waals surface area contributed by atoms with Gasteiger partial charge in [0.2, 0.25) is 0 Å². The highest BCUT2D eigenvalue weighted by Crippen LogP contribution is 2.21. The normalized spacial score (nSPS) is 10.3. The van der Waals surface area contributed by atoms with E-state index in [0.717, 1.165) is 24.5 Å². The van der Waals surface area contributed by atoms with Gasteiger partial charge in [-0.05, 0) is 25.5 Å². The Labute approximate surface area is 94.8 Å². The molecule has 0 aliphatic heterocycles. The molecule has 1 heterocycles. The first-order valence-electron chi connectivity index (χ1n) is 4.68. The quantitative estimate of drug-likeness (QED) is 0.741. The van der Waals surface area contributed by atoms with Gasteiger partial charge in [-0.3, -0.25) is 0 Å². The van der Waals surface area contributed by atoms with Gasteiger partial charge in [0.15, 0.2) is 0 Å². The average molecular weight is 233 g/mol. The van der Waals surface area contributed by atoms with E-state index in [4.69, 9.17) is 23.2 Å². The molecule has 0 aliphatic carbocycles. The second kappa shape index (κ2) is 5.42. The molecule has 14 heavy (non-hydrogen) atoms. The lowest BCUT2D eigenvalue weighted by Crippen LogP contribution is -2.22. The van der Waals surface area contributed by atoms with Crippen LogP contribution in [0.3, 0.4) is 0 Å². The monoisotopic (exact) mass is 232 g/mol. The van der Waals surface area contributed by atoms with Crippen LogP contribution in [0.25, 0.3) is 0 Å². The molecule has 0 fully saturated rings. The molecule has 0 saturated heterocycles. The molecule has 0 unspecified atom stereocenters.